The third-order valence-electron chi connectivity index (χ3n) is 2.69. The summed E-state index contributed by atoms with van der Waals surface area (Å²) in [5, 5.41) is 9.02. The second-order valence-electron chi connectivity index (χ2n) is 3.87. The standard InChI is InChI=1S/C10H15N3O3/c11-8-4-5-13(10(15)12-8)9-3-1-2-7(6-14)16-9/h4-5,7,9,14H,1-3,6H2,(H2,11,12,15). The van der Waals surface area contributed by atoms with Gasteiger partial charge in [-0.05, 0) is 25.3 Å². The van der Waals surface area contributed by atoms with E-state index in [9.17, 15) is 4.79 Å². The highest BCUT2D eigenvalue weighted by molar-refractivity contribution is 5.23. The van der Waals surface area contributed by atoms with Gasteiger partial charge in [0.2, 0.25) is 0 Å². The molecule has 3 N–H and O–H groups in total. The molecule has 1 aliphatic heterocycles. The first kappa shape index (κ1) is 11.1. The van der Waals surface area contributed by atoms with Crippen LogP contribution in [0.1, 0.15) is 25.5 Å². The van der Waals surface area contributed by atoms with Crippen molar-refractivity contribution in [2.24, 2.45) is 0 Å². The molecule has 16 heavy (non-hydrogen) atoms. The summed E-state index contributed by atoms with van der Waals surface area (Å²) >= 11 is 0. The second kappa shape index (κ2) is 4.63. The predicted molar refractivity (Wildman–Crippen MR) is 57.8 cm³/mol. The van der Waals surface area contributed by atoms with Crippen LogP contribution >= 0.6 is 0 Å². The topological polar surface area (TPSA) is 90.4 Å². The molecule has 2 heterocycles. The molecule has 0 saturated carbocycles. The van der Waals surface area contributed by atoms with E-state index in [4.69, 9.17) is 15.6 Å². The minimum Gasteiger partial charge on any atom is -0.394 e. The molecule has 0 bridgehead atoms. The SMILES string of the molecule is Nc1ccn(C2CCCC(CO)O2)c(=O)n1. The summed E-state index contributed by atoms with van der Waals surface area (Å²) < 4.78 is 6.99. The summed E-state index contributed by atoms with van der Waals surface area (Å²) in [5.74, 6) is 0.204. The van der Waals surface area contributed by atoms with Gasteiger partial charge in [-0.3, -0.25) is 4.57 Å². The highest BCUT2D eigenvalue weighted by atomic mass is 16.5. The largest absolute Gasteiger partial charge is 0.394 e. The van der Waals surface area contributed by atoms with Crippen LogP contribution < -0.4 is 11.4 Å². The van der Waals surface area contributed by atoms with Crippen molar-refractivity contribution in [3.8, 4) is 0 Å². The van der Waals surface area contributed by atoms with Gasteiger partial charge >= 0.3 is 5.69 Å². The first-order valence-corrected chi connectivity index (χ1v) is 5.31. The maximum absolute atomic E-state index is 11.6. The molecule has 1 aliphatic rings. The zero-order valence-corrected chi connectivity index (χ0v) is 8.87. The number of aliphatic hydroxyl groups excluding tert-OH is 1. The maximum Gasteiger partial charge on any atom is 0.351 e. The molecule has 6 nitrogen and oxygen atoms in total. The van der Waals surface area contributed by atoms with Crippen molar-refractivity contribution in [3.05, 3.63) is 22.7 Å². The van der Waals surface area contributed by atoms with Gasteiger partial charge in [0.1, 0.15) is 12.0 Å². The average Bonchev–Trinajstić information content (AvgIpc) is 2.29. The van der Waals surface area contributed by atoms with E-state index in [0.29, 0.717) is 0 Å². The Balaban J connectivity index is 2.20. The molecule has 0 amide bonds. The van der Waals surface area contributed by atoms with Crippen LogP contribution in [0.15, 0.2) is 17.1 Å². The zero-order chi connectivity index (χ0) is 11.5. The number of nitrogen functional groups attached to an aromatic ring is 1. The van der Waals surface area contributed by atoms with Crippen molar-refractivity contribution in [1.82, 2.24) is 9.55 Å². The highest BCUT2D eigenvalue weighted by Gasteiger charge is 2.23. The van der Waals surface area contributed by atoms with Crippen molar-refractivity contribution in [2.75, 3.05) is 12.3 Å². The molecule has 2 atom stereocenters. The van der Waals surface area contributed by atoms with Crippen LogP contribution in [0.5, 0.6) is 0 Å². The molecule has 1 fully saturated rings. The lowest BCUT2D eigenvalue weighted by molar-refractivity contribution is -0.108. The van der Waals surface area contributed by atoms with Crippen LogP contribution in [-0.2, 0) is 4.74 Å². The number of hydrogen-bond acceptors (Lipinski definition) is 5. The number of nitrogens with zero attached hydrogens (tertiary/aromatic N) is 2. The van der Waals surface area contributed by atoms with Crippen LogP contribution in [0, 0.1) is 0 Å². The summed E-state index contributed by atoms with van der Waals surface area (Å²) in [6.07, 6.45) is 3.54. The van der Waals surface area contributed by atoms with E-state index in [1.807, 2.05) is 0 Å². The number of aliphatic hydroxyl groups is 1. The second-order valence-corrected chi connectivity index (χ2v) is 3.87. The summed E-state index contributed by atoms with van der Waals surface area (Å²) in [7, 11) is 0. The Hall–Kier alpha value is -1.40. The summed E-state index contributed by atoms with van der Waals surface area (Å²) in [5.41, 5.74) is 4.99. The van der Waals surface area contributed by atoms with Gasteiger partial charge in [0, 0.05) is 6.20 Å². The normalized spacial score (nSPS) is 25.6. The van der Waals surface area contributed by atoms with E-state index in [1.165, 1.54) is 4.57 Å². The zero-order valence-electron chi connectivity index (χ0n) is 8.87. The molecule has 2 rings (SSSR count). The molecule has 0 radical (unpaired) electrons. The van der Waals surface area contributed by atoms with Gasteiger partial charge in [0.25, 0.3) is 0 Å². The lowest BCUT2D eigenvalue weighted by Crippen LogP contribution is -2.34. The van der Waals surface area contributed by atoms with Crippen LogP contribution in [0.4, 0.5) is 5.82 Å². The van der Waals surface area contributed by atoms with Gasteiger partial charge in [-0.15, -0.1) is 0 Å². The Kier molecular flexibility index (Phi) is 3.21. The number of rotatable bonds is 2. The molecule has 88 valence electrons. The summed E-state index contributed by atoms with van der Waals surface area (Å²) in [6, 6.07) is 1.56. The van der Waals surface area contributed by atoms with E-state index < -0.39 is 5.69 Å². The Morgan fingerprint density at radius 3 is 3.12 bits per heavy atom. The third kappa shape index (κ3) is 2.23. The predicted octanol–water partition coefficient (Wildman–Crippen LogP) is -0.115. The van der Waals surface area contributed by atoms with Gasteiger partial charge < -0.3 is 15.6 Å². The van der Waals surface area contributed by atoms with E-state index in [1.54, 1.807) is 12.3 Å². The van der Waals surface area contributed by atoms with E-state index >= 15 is 0 Å². The van der Waals surface area contributed by atoms with Crippen molar-refractivity contribution >= 4 is 5.82 Å². The minimum absolute atomic E-state index is 0.0202. The Bertz CT molecular complexity index is 418. The van der Waals surface area contributed by atoms with Crippen LogP contribution in [-0.4, -0.2) is 27.4 Å². The molecule has 2 unspecified atom stereocenters. The van der Waals surface area contributed by atoms with Gasteiger partial charge in [-0.1, -0.05) is 0 Å². The Morgan fingerprint density at radius 2 is 2.44 bits per heavy atom. The molecule has 0 aliphatic carbocycles. The fourth-order valence-electron chi connectivity index (χ4n) is 1.86. The fourth-order valence-corrected chi connectivity index (χ4v) is 1.86. The minimum atomic E-state index is -0.413. The van der Waals surface area contributed by atoms with Crippen LogP contribution in [0.25, 0.3) is 0 Å². The van der Waals surface area contributed by atoms with Crippen molar-refractivity contribution < 1.29 is 9.84 Å². The first-order chi connectivity index (χ1) is 7.70. The smallest absolute Gasteiger partial charge is 0.351 e. The quantitative estimate of drug-likeness (QED) is 0.732. The van der Waals surface area contributed by atoms with Crippen LogP contribution in [0.3, 0.4) is 0 Å². The van der Waals surface area contributed by atoms with Gasteiger partial charge in [0.05, 0.1) is 12.7 Å². The van der Waals surface area contributed by atoms with Crippen molar-refractivity contribution in [2.45, 2.75) is 31.6 Å². The number of hydrogen-bond donors (Lipinski definition) is 2. The van der Waals surface area contributed by atoms with Crippen molar-refractivity contribution in [3.63, 3.8) is 0 Å². The summed E-state index contributed by atoms with van der Waals surface area (Å²) in [6.45, 7) is -0.0202. The van der Waals surface area contributed by atoms with E-state index in [-0.39, 0.29) is 24.8 Å². The third-order valence-corrected chi connectivity index (χ3v) is 2.69. The molecule has 1 aromatic heterocycles. The number of nitrogens with two attached hydrogens (primary N) is 1. The molecule has 1 saturated heterocycles. The molecule has 1 aromatic rings. The number of aromatic nitrogens is 2. The Labute approximate surface area is 92.7 Å². The number of anilines is 1. The van der Waals surface area contributed by atoms with Crippen molar-refractivity contribution in [1.29, 1.82) is 0 Å². The van der Waals surface area contributed by atoms with E-state index in [0.717, 1.165) is 19.3 Å². The van der Waals surface area contributed by atoms with Gasteiger partial charge in [-0.2, -0.15) is 4.98 Å². The van der Waals surface area contributed by atoms with Crippen LogP contribution in [0.2, 0.25) is 0 Å². The highest BCUT2D eigenvalue weighted by Crippen LogP contribution is 2.25. The monoisotopic (exact) mass is 225 g/mol. The van der Waals surface area contributed by atoms with Gasteiger partial charge in [0.15, 0.2) is 0 Å². The molecule has 6 heteroatoms. The average molecular weight is 225 g/mol. The first-order valence-electron chi connectivity index (χ1n) is 5.31. The fraction of sp³-hybridized carbons (Fsp3) is 0.600. The summed E-state index contributed by atoms with van der Waals surface area (Å²) in [4.78, 5) is 15.2. The lowest BCUT2D eigenvalue weighted by Gasteiger charge is -2.29. The maximum atomic E-state index is 11.6. The van der Waals surface area contributed by atoms with Gasteiger partial charge in [-0.25, -0.2) is 4.79 Å². The molecular formula is C10H15N3O3. The Morgan fingerprint density at radius 1 is 1.62 bits per heavy atom. The molecular weight excluding hydrogens is 210 g/mol. The lowest BCUT2D eigenvalue weighted by atomic mass is 10.1. The number of ether oxygens (including phenoxy) is 1. The molecule has 0 aromatic carbocycles. The van der Waals surface area contributed by atoms with E-state index in [2.05, 4.69) is 4.98 Å². The molecule has 0 spiro atoms.